The van der Waals surface area contributed by atoms with Crippen LogP contribution in [0.15, 0.2) is 21.5 Å². The van der Waals surface area contributed by atoms with Crippen LogP contribution in [-0.4, -0.2) is 49.1 Å². The molecule has 0 aromatic carbocycles. The Morgan fingerprint density at radius 3 is 2.54 bits per heavy atom. The Morgan fingerprint density at radius 2 is 2.00 bits per heavy atom. The Balaban J connectivity index is 0.00000169. The number of hydrogen-bond acceptors (Lipinski definition) is 4. The Hall–Kier alpha value is -1.29. The lowest BCUT2D eigenvalue weighted by Gasteiger charge is -2.23. The fourth-order valence-electron chi connectivity index (χ4n) is 4.24. The zero-order chi connectivity index (χ0) is 16.0. The lowest BCUT2D eigenvalue weighted by atomic mass is 9.82. The largest absolute Gasteiger partial charge is 0.454 e. The molecule has 8 heteroatoms. The number of amides is 1. The summed E-state index contributed by atoms with van der Waals surface area (Å²) in [6.45, 7) is 2.47. The highest BCUT2D eigenvalue weighted by Gasteiger charge is 2.53. The minimum absolute atomic E-state index is 0. The number of fused-ring (bicyclic) bond motifs is 5. The predicted octanol–water partition coefficient (Wildman–Crippen LogP) is 1.18. The maximum atomic E-state index is 11.1. The van der Waals surface area contributed by atoms with Crippen LogP contribution >= 0.6 is 24.0 Å². The Kier molecular flexibility index (Phi) is 5.05. The standard InChI is InChI=1S/C16H22N4O3.HI/c1-18-16(19-6-9-2-3-14(22-9)15(17)21)20-7-10-11(8-20)13-5-4-12(10)23-13;/h2-3,10-13H,4-8H2,1H3,(H2,17,21)(H,18,19);1H. The van der Waals surface area contributed by atoms with Gasteiger partial charge in [0.2, 0.25) is 0 Å². The summed E-state index contributed by atoms with van der Waals surface area (Å²) < 4.78 is 11.4. The first-order chi connectivity index (χ1) is 11.2. The molecule has 3 aliphatic rings. The van der Waals surface area contributed by atoms with Crippen molar-refractivity contribution in [2.24, 2.45) is 22.6 Å². The van der Waals surface area contributed by atoms with Gasteiger partial charge in [-0.2, -0.15) is 0 Å². The molecule has 0 spiro atoms. The van der Waals surface area contributed by atoms with E-state index in [2.05, 4.69) is 15.2 Å². The van der Waals surface area contributed by atoms with Crippen molar-refractivity contribution in [2.45, 2.75) is 31.6 Å². The van der Waals surface area contributed by atoms with E-state index in [1.807, 2.05) is 0 Å². The van der Waals surface area contributed by atoms with Gasteiger partial charge in [0.1, 0.15) is 5.76 Å². The molecule has 4 atom stereocenters. The van der Waals surface area contributed by atoms with Crippen LogP contribution in [0.3, 0.4) is 0 Å². The summed E-state index contributed by atoms with van der Waals surface area (Å²) in [5.74, 6) is 2.44. The lowest BCUT2D eigenvalue weighted by Crippen LogP contribution is -2.40. The molecule has 0 radical (unpaired) electrons. The summed E-state index contributed by atoms with van der Waals surface area (Å²) in [6.07, 6.45) is 3.29. The second-order valence-electron chi connectivity index (χ2n) is 6.55. The number of nitrogens with two attached hydrogens (primary N) is 1. The van der Waals surface area contributed by atoms with Crippen molar-refractivity contribution in [1.29, 1.82) is 0 Å². The monoisotopic (exact) mass is 446 g/mol. The number of guanidine groups is 1. The molecule has 4 unspecified atom stereocenters. The molecule has 3 fully saturated rings. The Bertz CT molecular complexity index is 629. The summed E-state index contributed by atoms with van der Waals surface area (Å²) in [4.78, 5) is 17.7. The lowest BCUT2D eigenvalue weighted by molar-refractivity contribution is 0.0767. The van der Waals surface area contributed by atoms with Gasteiger partial charge < -0.3 is 25.1 Å². The summed E-state index contributed by atoms with van der Waals surface area (Å²) in [5.41, 5.74) is 5.20. The van der Waals surface area contributed by atoms with Gasteiger partial charge in [0.15, 0.2) is 11.7 Å². The molecule has 7 nitrogen and oxygen atoms in total. The van der Waals surface area contributed by atoms with Crippen molar-refractivity contribution in [3.8, 4) is 0 Å². The highest BCUT2D eigenvalue weighted by Crippen LogP contribution is 2.47. The van der Waals surface area contributed by atoms with Crippen LogP contribution < -0.4 is 11.1 Å². The highest BCUT2D eigenvalue weighted by atomic mass is 127. The van der Waals surface area contributed by atoms with Crippen LogP contribution in [0.4, 0.5) is 0 Å². The van der Waals surface area contributed by atoms with E-state index in [9.17, 15) is 4.79 Å². The maximum absolute atomic E-state index is 11.1. The van der Waals surface area contributed by atoms with Crippen molar-refractivity contribution >= 4 is 35.8 Å². The Labute approximate surface area is 158 Å². The fraction of sp³-hybridized carbons (Fsp3) is 0.625. The molecule has 2 bridgehead atoms. The van der Waals surface area contributed by atoms with Gasteiger partial charge in [0.25, 0.3) is 5.91 Å². The number of furan rings is 1. The van der Waals surface area contributed by atoms with Gasteiger partial charge in [-0.3, -0.25) is 9.79 Å². The molecule has 3 saturated heterocycles. The van der Waals surface area contributed by atoms with Crippen molar-refractivity contribution in [3.05, 3.63) is 23.7 Å². The molecule has 3 aliphatic heterocycles. The van der Waals surface area contributed by atoms with E-state index in [0.717, 1.165) is 19.0 Å². The quantitative estimate of drug-likeness (QED) is 0.414. The summed E-state index contributed by atoms with van der Waals surface area (Å²) in [5, 5.41) is 3.31. The molecule has 132 valence electrons. The number of aliphatic imine (C=N–C) groups is 1. The minimum atomic E-state index is -0.552. The molecule has 24 heavy (non-hydrogen) atoms. The molecule has 1 aromatic heterocycles. The normalized spacial score (nSPS) is 31.0. The SMILES string of the molecule is CN=C(NCc1ccc(C(N)=O)o1)N1CC2C3CCC(O3)C2C1.I. The van der Waals surface area contributed by atoms with Gasteiger partial charge in [0.05, 0.1) is 18.8 Å². The number of nitrogens with zero attached hydrogens (tertiary/aromatic N) is 2. The van der Waals surface area contributed by atoms with Gasteiger partial charge in [-0.15, -0.1) is 24.0 Å². The third kappa shape index (κ3) is 3.01. The summed E-state index contributed by atoms with van der Waals surface area (Å²) in [6, 6.07) is 3.35. The van der Waals surface area contributed by atoms with E-state index in [1.54, 1.807) is 19.2 Å². The first-order valence-corrected chi connectivity index (χ1v) is 8.15. The van der Waals surface area contributed by atoms with E-state index in [1.165, 1.54) is 12.8 Å². The number of rotatable bonds is 3. The topological polar surface area (TPSA) is 93.1 Å². The minimum Gasteiger partial charge on any atom is -0.454 e. The average molecular weight is 446 g/mol. The first-order valence-electron chi connectivity index (χ1n) is 8.15. The van der Waals surface area contributed by atoms with Crippen molar-refractivity contribution in [3.63, 3.8) is 0 Å². The number of hydrogen-bond donors (Lipinski definition) is 2. The highest BCUT2D eigenvalue weighted by molar-refractivity contribution is 14.0. The number of nitrogens with one attached hydrogen (secondary N) is 1. The van der Waals surface area contributed by atoms with Gasteiger partial charge >= 0.3 is 0 Å². The zero-order valence-electron chi connectivity index (χ0n) is 13.6. The van der Waals surface area contributed by atoms with E-state index in [0.29, 0.717) is 36.3 Å². The van der Waals surface area contributed by atoms with Crippen LogP contribution in [0.5, 0.6) is 0 Å². The number of carbonyl (C=O) groups excluding carboxylic acids is 1. The van der Waals surface area contributed by atoms with Crippen LogP contribution in [-0.2, 0) is 11.3 Å². The van der Waals surface area contributed by atoms with Gasteiger partial charge in [0, 0.05) is 32.0 Å². The van der Waals surface area contributed by atoms with Crippen LogP contribution in [0.2, 0.25) is 0 Å². The molecule has 3 N–H and O–H groups in total. The van der Waals surface area contributed by atoms with Crippen LogP contribution in [0.1, 0.15) is 29.2 Å². The van der Waals surface area contributed by atoms with E-state index < -0.39 is 5.91 Å². The van der Waals surface area contributed by atoms with Gasteiger partial charge in [-0.05, 0) is 25.0 Å². The molecule has 0 aliphatic carbocycles. The average Bonchev–Trinajstić information content (AvgIpc) is 3.29. The number of primary amides is 1. The van der Waals surface area contributed by atoms with E-state index in [4.69, 9.17) is 14.9 Å². The smallest absolute Gasteiger partial charge is 0.284 e. The number of carbonyl (C=O) groups is 1. The van der Waals surface area contributed by atoms with Gasteiger partial charge in [-0.25, -0.2) is 0 Å². The van der Waals surface area contributed by atoms with E-state index >= 15 is 0 Å². The number of halogens is 1. The maximum Gasteiger partial charge on any atom is 0.284 e. The second-order valence-corrected chi connectivity index (χ2v) is 6.55. The molecule has 1 amide bonds. The molecular formula is C16H23IN4O3. The number of likely N-dealkylation sites (tertiary alicyclic amines) is 1. The Morgan fingerprint density at radius 1 is 1.33 bits per heavy atom. The fourth-order valence-corrected chi connectivity index (χ4v) is 4.24. The third-order valence-corrected chi connectivity index (χ3v) is 5.29. The van der Waals surface area contributed by atoms with Crippen molar-refractivity contribution < 1.29 is 13.9 Å². The van der Waals surface area contributed by atoms with Crippen LogP contribution in [0, 0.1) is 11.8 Å². The van der Waals surface area contributed by atoms with Crippen LogP contribution in [0.25, 0.3) is 0 Å². The van der Waals surface area contributed by atoms with E-state index in [-0.39, 0.29) is 29.7 Å². The molecule has 1 aromatic rings. The van der Waals surface area contributed by atoms with Crippen molar-refractivity contribution in [1.82, 2.24) is 10.2 Å². The zero-order valence-corrected chi connectivity index (χ0v) is 15.9. The molecule has 4 heterocycles. The molecule has 0 saturated carbocycles. The first kappa shape index (κ1) is 17.5. The van der Waals surface area contributed by atoms with Crippen molar-refractivity contribution in [2.75, 3.05) is 20.1 Å². The van der Waals surface area contributed by atoms with Gasteiger partial charge in [-0.1, -0.05) is 0 Å². The number of ether oxygens (including phenoxy) is 1. The third-order valence-electron chi connectivity index (χ3n) is 5.29. The second kappa shape index (κ2) is 6.91. The predicted molar refractivity (Wildman–Crippen MR) is 99.3 cm³/mol. The summed E-state index contributed by atoms with van der Waals surface area (Å²) in [7, 11) is 1.79. The molecular weight excluding hydrogens is 423 g/mol. The summed E-state index contributed by atoms with van der Waals surface area (Å²) >= 11 is 0. The molecule has 4 rings (SSSR count).